The molecule has 0 radical (unpaired) electrons. The number of halogens is 1. The van der Waals surface area contributed by atoms with Gasteiger partial charge in [0.25, 0.3) is 0 Å². The van der Waals surface area contributed by atoms with Gasteiger partial charge in [0.05, 0.1) is 10.9 Å². The molecule has 8 heteroatoms. The zero-order valence-corrected chi connectivity index (χ0v) is 18.2. The molecule has 1 saturated carbocycles. The van der Waals surface area contributed by atoms with E-state index in [0.717, 1.165) is 6.42 Å². The van der Waals surface area contributed by atoms with Crippen molar-refractivity contribution in [1.29, 1.82) is 0 Å². The molecule has 3 rings (SSSR count). The van der Waals surface area contributed by atoms with E-state index in [1.165, 1.54) is 35.7 Å². The molecule has 0 unspecified atom stereocenters. The molecule has 156 valence electrons. The van der Waals surface area contributed by atoms with E-state index < -0.39 is 10.0 Å². The van der Waals surface area contributed by atoms with Gasteiger partial charge in [0.1, 0.15) is 0 Å². The monoisotopic (exact) mass is 427 g/mol. The van der Waals surface area contributed by atoms with Gasteiger partial charge in [0.15, 0.2) is 0 Å². The van der Waals surface area contributed by atoms with Crippen molar-refractivity contribution in [2.24, 2.45) is 5.92 Å². The standard InChI is InChI=1S/C20H30ClN3O3S/c1-15-5-3-4-6-19(15)22-20(25)16(2)23-11-13-24(14-12-23)28(26,27)18-9-7-17(21)8-10-18/h7-10,15-16,19H,3-6,11-14H2,1-2H3,(H,22,25)/t15-,16-,19+/m1/s1. The van der Waals surface area contributed by atoms with Crippen molar-refractivity contribution in [3.63, 3.8) is 0 Å². The van der Waals surface area contributed by atoms with E-state index in [1.807, 2.05) is 6.92 Å². The first-order chi connectivity index (χ1) is 13.3. The number of benzene rings is 1. The van der Waals surface area contributed by atoms with Crippen LogP contribution in [-0.2, 0) is 14.8 Å². The second-order valence-electron chi connectivity index (χ2n) is 7.95. The Kier molecular flexibility index (Phi) is 7.02. The largest absolute Gasteiger partial charge is 0.352 e. The summed E-state index contributed by atoms with van der Waals surface area (Å²) in [6.07, 6.45) is 4.63. The molecule has 1 aromatic carbocycles. The van der Waals surface area contributed by atoms with Gasteiger partial charge in [-0.15, -0.1) is 0 Å². The molecule has 3 atom stereocenters. The molecule has 1 aliphatic heterocycles. The lowest BCUT2D eigenvalue weighted by Crippen LogP contribution is -2.56. The molecule has 2 aliphatic rings. The summed E-state index contributed by atoms with van der Waals surface area (Å²) in [7, 11) is -3.53. The fraction of sp³-hybridized carbons (Fsp3) is 0.650. The van der Waals surface area contributed by atoms with Crippen LogP contribution in [0.2, 0.25) is 5.02 Å². The Morgan fingerprint density at radius 3 is 2.32 bits per heavy atom. The van der Waals surface area contributed by atoms with E-state index in [9.17, 15) is 13.2 Å². The smallest absolute Gasteiger partial charge is 0.243 e. The van der Waals surface area contributed by atoms with Crippen LogP contribution in [0, 0.1) is 5.92 Å². The maximum Gasteiger partial charge on any atom is 0.243 e. The van der Waals surface area contributed by atoms with Gasteiger partial charge in [-0.05, 0) is 49.9 Å². The Hall–Kier alpha value is -1.15. The molecule has 0 spiro atoms. The molecule has 1 saturated heterocycles. The average Bonchev–Trinajstić information content (AvgIpc) is 2.69. The summed E-state index contributed by atoms with van der Waals surface area (Å²) in [5.41, 5.74) is 0. The summed E-state index contributed by atoms with van der Waals surface area (Å²) in [5.74, 6) is 0.569. The number of piperazine rings is 1. The molecule has 28 heavy (non-hydrogen) atoms. The zero-order valence-electron chi connectivity index (χ0n) is 16.6. The van der Waals surface area contributed by atoms with Crippen molar-refractivity contribution in [2.75, 3.05) is 26.2 Å². The van der Waals surface area contributed by atoms with Gasteiger partial charge in [-0.3, -0.25) is 9.69 Å². The van der Waals surface area contributed by atoms with Crippen LogP contribution < -0.4 is 5.32 Å². The number of nitrogens with zero attached hydrogens (tertiary/aromatic N) is 2. The van der Waals surface area contributed by atoms with E-state index in [-0.39, 0.29) is 22.9 Å². The summed E-state index contributed by atoms with van der Waals surface area (Å²) in [5, 5.41) is 3.72. The summed E-state index contributed by atoms with van der Waals surface area (Å²) in [6.45, 7) is 5.95. The van der Waals surface area contributed by atoms with Gasteiger partial charge >= 0.3 is 0 Å². The molecule has 1 aliphatic carbocycles. The topological polar surface area (TPSA) is 69.7 Å². The minimum Gasteiger partial charge on any atom is -0.352 e. The predicted molar refractivity (Wildman–Crippen MR) is 111 cm³/mol. The van der Waals surface area contributed by atoms with Gasteiger partial charge in [0.2, 0.25) is 15.9 Å². The highest BCUT2D eigenvalue weighted by atomic mass is 35.5. The first kappa shape index (κ1) is 21.6. The fourth-order valence-electron chi connectivity index (χ4n) is 4.09. The quantitative estimate of drug-likeness (QED) is 0.784. The number of carbonyl (C=O) groups is 1. The number of hydrogen-bond acceptors (Lipinski definition) is 4. The maximum atomic E-state index is 12.8. The predicted octanol–water partition coefficient (Wildman–Crippen LogP) is 2.73. The summed E-state index contributed by atoms with van der Waals surface area (Å²) >= 11 is 5.86. The van der Waals surface area contributed by atoms with Gasteiger partial charge in [-0.25, -0.2) is 8.42 Å². The molecule has 2 fully saturated rings. The molecular formula is C20H30ClN3O3S. The van der Waals surface area contributed by atoms with Crippen molar-refractivity contribution < 1.29 is 13.2 Å². The number of hydrogen-bond donors (Lipinski definition) is 1. The van der Waals surface area contributed by atoms with Crippen LogP contribution in [0.3, 0.4) is 0 Å². The van der Waals surface area contributed by atoms with Gasteiger partial charge in [0, 0.05) is 37.2 Å². The van der Waals surface area contributed by atoms with Crippen LogP contribution in [0.15, 0.2) is 29.2 Å². The highest BCUT2D eigenvalue weighted by molar-refractivity contribution is 7.89. The lowest BCUT2D eigenvalue weighted by atomic mass is 9.86. The average molecular weight is 428 g/mol. The van der Waals surface area contributed by atoms with Crippen LogP contribution in [0.5, 0.6) is 0 Å². The first-order valence-corrected chi connectivity index (χ1v) is 11.9. The van der Waals surface area contributed by atoms with Crippen LogP contribution in [0.25, 0.3) is 0 Å². The number of nitrogens with one attached hydrogen (secondary N) is 1. The van der Waals surface area contributed by atoms with E-state index in [0.29, 0.717) is 37.1 Å². The lowest BCUT2D eigenvalue weighted by molar-refractivity contribution is -0.127. The zero-order chi connectivity index (χ0) is 20.3. The van der Waals surface area contributed by atoms with Crippen LogP contribution in [0.4, 0.5) is 0 Å². The maximum absolute atomic E-state index is 12.8. The molecule has 1 aromatic rings. The molecule has 6 nitrogen and oxygen atoms in total. The van der Waals surface area contributed by atoms with Gasteiger partial charge in [-0.2, -0.15) is 4.31 Å². The normalized spacial score (nSPS) is 26.0. The number of sulfonamides is 1. The lowest BCUT2D eigenvalue weighted by Gasteiger charge is -2.38. The third kappa shape index (κ3) is 4.87. The van der Waals surface area contributed by atoms with Gasteiger partial charge < -0.3 is 5.32 Å². The second kappa shape index (κ2) is 9.11. The molecule has 0 aromatic heterocycles. The van der Waals surface area contributed by atoms with E-state index in [2.05, 4.69) is 17.1 Å². The highest BCUT2D eigenvalue weighted by Crippen LogP contribution is 2.24. The minimum atomic E-state index is -3.53. The summed E-state index contributed by atoms with van der Waals surface area (Å²) < 4.78 is 27.1. The van der Waals surface area contributed by atoms with Crippen molar-refractivity contribution in [2.45, 2.75) is 56.5 Å². The van der Waals surface area contributed by atoms with E-state index >= 15 is 0 Å². The third-order valence-electron chi connectivity index (χ3n) is 6.09. The summed E-state index contributed by atoms with van der Waals surface area (Å²) in [6, 6.07) is 6.24. The van der Waals surface area contributed by atoms with Crippen molar-refractivity contribution in [1.82, 2.24) is 14.5 Å². The van der Waals surface area contributed by atoms with Crippen LogP contribution >= 0.6 is 11.6 Å². The van der Waals surface area contributed by atoms with Crippen LogP contribution in [0.1, 0.15) is 39.5 Å². The molecular weight excluding hydrogens is 398 g/mol. The van der Waals surface area contributed by atoms with E-state index in [1.54, 1.807) is 12.1 Å². The Labute approximate surface area is 173 Å². The number of rotatable bonds is 5. The highest BCUT2D eigenvalue weighted by Gasteiger charge is 2.33. The third-order valence-corrected chi connectivity index (χ3v) is 8.26. The molecule has 1 N–H and O–H groups in total. The Morgan fingerprint density at radius 1 is 1.11 bits per heavy atom. The molecule has 1 heterocycles. The van der Waals surface area contributed by atoms with Crippen molar-refractivity contribution in [3.05, 3.63) is 29.3 Å². The van der Waals surface area contributed by atoms with Gasteiger partial charge in [-0.1, -0.05) is 31.4 Å². The second-order valence-corrected chi connectivity index (χ2v) is 10.3. The minimum absolute atomic E-state index is 0.0489. The van der Waals surface area contributed by atoms with Crippen LogP contribution in [-0.4, -0.2) is 61.8 Å². The SMILES string of the molecule is C[C@@H]1CCCC[C@@H]1NC(=O)[C@@H](C)N1CCN(S(=O)(=O)c2ccc(Cl)cc2)CC1. The Balaban J connectivity index is 1.55. The number of carbonyl (C=O) groups excluding carboxylic acids is 1. The molecule has 0 bridgehead atoms. The van der Waals surface area contributed by atoms with Crippen molar-refractivity contribution >= 4 is 27.5 Å². The van der Waals surface area contributed by atoms with E-state index in [4.69, 9.17) is 11.6 Å². The first-order valence-electron chi connectivity index (χ1n) is 10.1. The molecule has 1 amide bonds. The Morgan fingerprint density at radius 2 is 1.71 bits per heavy atom. The Bertz CT molecular complexity index is 776. The number of amides is 1. The van der Waals surface area contributed by atoms with Crippen molar-refractivity contribution in [3.8, 4) is 0 Å². The summed E-state index contributed by atoms with van der Waals surface area (Å²) in [4.78, 5) is 15.0. The fourth-order valence-corrected chi connectivity index (χ4v) is 5.63.